The maximum atomic E-state index is 14.7. The molecule has 0 saturated heterocycles. The van der Waals surface area contributed by atoms with E-state index in [4.69, 9.17) is 56.8 Å². The first-order chi connectivity index (χ1) is 45.9. The monoisotopic (exact) mass is 1410 g/mol. The molecule has 0 aliphatic heterocycles. The van der Waals surface area contributed by atoms with Crippen LogP contribution >= 0.6 is 0 Å². The number of carbonyl (C=O) groups is 8. The molecule has 4 rings (SSSR count). The minimum absolute atomic E-state index is 0.125. The number of hydrogen-bond acceptors (Lipinski definition) is 20. The van der Waals surface area contributed by atoms with Gasteiger partial charge in [0.1, 0.15) is 58.1 Å². The fourth-order valence-electron chi connectivity index (χ4n) is 10.7. The summed E-state index contributed by atoms with van der Waals surface area (Å²) in [5.74, 6) is -1.77. The Kier molecular flexibility index (Phi) is 28.5. The summed E-state index contributed by atoms with van der Waals surface area (Å²) in [4.78, 5) is 110. The first-order valence-electron chi connectivity index (χ1n) is 34.8. The lowest BCUT2D eigenvalue weighted by Crippen LogP contribution is -2.47. The van der Waals surface area contributed by atoms with E-state index in [0.717, 1.165) is 33.4 Å². The molecule has 20 nitrogen and oxygen atoms in total. The van der Waals surface area contributed by atoms with Crippen LogP contribution in [0.25, 0.3) is 0 Å². The van der Waals surface area contributed by atoms with E-state index in [1.807, 2.05) is 135 Å². The molecule has 0 aliphatic rings. The van der Waals surface area contributed by atoms with E-state index in [-0.39, 0.29) is 51.4 Å². The van der Waals surface area contributed by atoms with Gasteiger partial charge in [0.25, 0.3) is 0 Å². The molecule has 0 aliphatic carbocycles. The molecule has 4 aromatic rings. The van der Waals surface area contributed by atoms with Crippen molar-refractivity contribution in [3.63, 3.8) is 0 Å². The van der Waals surface area contributed by atoms with E-state index in [1.165, 1.54) is 6.92 Å². The highest BCUT2D eigenvalue weighted by Crippen LogP contribution is 2.40. The van der Waals surface area contributed by atoms with Gasteiger partial charge in [-0.25, -0.2) is 19.2 Å². The SMILES string of the molecule is Cc1cc(OC(=O)OC(C)(C)C)c(C(C)(C)C)cc1CCC(=O)OCC(OC(=O)CCc1cc(C(C)(C)C)c(OC(=O)OC(C)(C)C)cc1C)C(OC(=O)CCc1cc(C(C)(C)C)c(OC(=O)OC(C)(C)C)cc1C)C(C)OC(=O)CCc1cc(C(C)(C)C)c(OC(=O)OC(C)(C)C)cc1C. The number of esters is 4. The van der Waals surface area contributed by atoms with Crippen LogP contribution in [0.5, 0.6) is 23.0 Å². The van der Waals surface area contributed by atoms with Gasteiger partial charge >= 0.3 is 48.5 Å². The topological polar surface area (TPSA) is 247 Å². The molecule has 3 unspecified atom stereocenters. The molecule has 0 spiro atoms. The Morgan fingerprint density at radius 1 is 0.317 bits per heavy atom. The molecule has 20 heteroatoms. The van der Waals surface area contributed by atoms with Crippen molar-refractivity contribution in [3.8, 4) is 23.0 Å². The van der Waals surface area contributed by atoms with E-state index in [2.05, 4.69) is 0 Å². The summed E-state index contributed by atoms with van der Waals surface area (Å²) in [6.07, 6.45) is -8.19. The zero-order valence-electron chi connectivity index (χ0n) is 65.9. The second-order valence-corrected chi connectivity index (χ2v) is 34.2. The summed E-state index contributed by atoms with van der Waals surface area (Å²) in [5.41, 5.74) is 3.17. The molecule has 0 fully saturated rings. The van der Waals surface area contributed by atoms with E-state index in [0.29, 0.717) is 56.4 Å². The van der Waals surface area contributed by atoms with Crippen molar-refractivity contribution in [2.45, 2.75) is 315 Å². The molecule has 0 aromatic heterocycles. The van der Waals surface area contributed by atoms with Gasteiger partial charge in [-0.15, -0.1) is 0 Å². The number of aryl methyl sites for hydroxylation is 8. The third kappa shape index (κ3) is 28.7. The first kappa shape index (κ1) is 85.3. The standard InChI is InChI=1S/C81H116O20/c1-47-38-60(93-70(86)98-78(18,19)20)56(74(6,7)8)42-52(47)30-34-65(82)90-46-64(92-67(84)36-32-54-44-58(76(12,13)14)62(40-49(54)3)95-72(88)100-80(24,25)26)69(97-68(85)37-33-55-45-59(77(15,16)17)63(41-50(55)4)96-73(89)101-81(27,28)29)51(5)91-66(83)35-31-53-43-57(75(9,10)11)61(39-48(53)2)94-71(87)99-79(21,22)23/h38-45,51,64,69H,30-37,46H2,1-29H3. The minimum Gasteiger partial charge on any atom is -0.462 e. The van der Waals surface area contributed by atoms with Crippen LogP contribution in [-0.4, -0.2) is 95.8 Å². The highest BCUT2D eigenvalue weighted by molar-refractivity contribution is 5.74. The number of benzene rings is 4. The third-order valence-electron chi connectivity index (χ3n) is 15.8. The average molecular weight is 1410 g/mol. The molecule has 0 N–H and O–H groups in total. The summed E-state index contributed by atoms with van der Waals surface area (Å²) in [6.45, 7) is 52.5. The molecule has 0 bridgehead atoms. The lowest BCUT2D eigenvalue weighted by molar-refractivity contribution is -0.190. The molecule has 560 valence electrons. The van der Waals surface area contributed by atoms with Crippen LogP contribution < -0.4 is 18.9 Å². The summed E-state index contributed by atoms with van der Waals surface area (Å²) in [6, 6.07) is 14.4. The van der Waals surface area contributed by atoms with Gasteiger partial charge in [-0.2, -0.15) is 0 Å². The number of hydrogen-bond donors (Lipinski definition) is 0. The van der Waals surface area contributed by atoms with Crippen LogP contribution in [0.2, 0.25) is 0 Å². The Hall–Kier alpha value is -8.16. The molecule has 0 heterocycles. The molecule has 3 atom stereocenters. The maximum absolute atomic E-state index is 14.7. The Morgan fingerprint density at radius 2 is 0.545 bits per heavy atom. The normalized spacial score (nSPS) is 13.4. The smallest absolute Gasteiger partial charge is 0.462 e. The largest absolute Gasteiger partial charge is 0.514 e. The summed E-state index contributed by atoms with van der Waals surface area (Å²) < 4.78 is 69.8. The van der Waals surface area contributed by atoms with Crippen molar-refractivity contribution in [3.05, 3.63) is 115 Å². The predicted octanol–water partition coefficient (Wildman–Crippen LogP) is 18.5. The van der Waals surface area contributed by atoms with E-state index in [1.54, 1.807) is 107 Å². The second kappa shape index (κ2) is 33.8. The van der Waals surface area contributed by atoms with Crippen molar-refractivity contribution in [2.75, 3.05) is 6.61 Å². The fourth-order valence-corrected chi connectivity index (χ4v) is 10.7. The predicted molar refractivity (Wildman–Crippen MR) is 387 cm³/mol. The minimum atomic E-state index is -1.58. The van der Waals surface area contributed by atoms with Crippen molar-refractivity contribution >= 4 is 48.5 Å². The Labute approximate surface area is 600 Å². The van der Waals surface area contributed by atoms with Crippen LogP contribution in [-0.2, 0) is 104 Å². The average Bonchev–Trinajstić information content (AvgIpc) is 0.818. The number of rotatable bonds is 23. The Balaban J connectivity index is 1.82. The van der Waals surface area contributed by atoms with E-state index >= 15 is 0 Å². The van der Waals surface area contributed by atoms with Gasteiger partial charge in [-0.1, -0.05) is 107 Å². The van der Waals surface area contributed by atoms with Gasteiger partial charge in [0.15, 0.2) is 12.2 Å². The Bertz CT molecular complexity index is 3630. The van der Waals surface area contributed by atoms with Crippen LogP contribution in [0.1, 0.15) is 266 Å². The zero-order chi connectivity index (χ0) is 77.1. The molecule has 101 heavy (non-hydrogen) atoms. The third-order valence-corrected chi connectivity index (χ3v) is 15.8. The number of ether oxygens (including phenoxy) is 12. The Morgan fingerprint density at radius 3 is 0.782 bits per heavy atom. The van der Waals surface area contributed by atoms with Gasteiger partial charge in [0, 0.05) is 47.9 Å². The first-order valence-corrected chi connectivity index (χ1v) is 34.8. The van der Waals surface area contributed by atoms with Gasteiger partial charge in [0.2, 0.25) is 0 Å². The molecule has 4 aromatic carbocycles. The second-order valence-electron chi connectivity index (χ2n) is 34.2. The van der Waals surface area contributed by atoms with E-state index < -0.39 is 117 Å². The zero-order valence-corrected chi connectivity index (χ0v) is 65.9. The van der Waals surface area contributed by atoms with Gasteiger partial charge in [-0.05, 0) is 234 Å². The lowest BCUT2D eigenvalue weighted by Gasteiger charge is -2.31. The van der Waals surface area contributed by atoms with Crippen LogP contribution in [0, 0.1) is 27.7 Å². The molecular formula is C81H116O20. The summed E-state index contributed by atoms with van der Waals surface area (Å²) in [5, 5.41) is 0. The van der Waals surface area contributed by atoms with E-state index in [9.17, 15) is 38.4 Å². The van der Waals surface area contributed by atoms with Crippen LogP contribution in [0.4, 0.5) is 19.2 Å². The van der Waals surface area contributed by atoms with Crippen molar-refractivity contribution in [2.24, 2.45) is 0 Å². The lowest BCUT2D eigenvalue weighted by atomic mass is 9.84. The van der Waals surface area contributed by atoms with Crippen molar-refractivity contribution < 1.29 is 95.2 Å². The highest BCUT2D eigenvalue weighted by atomic mass is 16.8. The quantitative estimate of drug-likeness (QED) is 0.0380. The van der Waals surface area contributed by atoms with Gasteiger partial charge in [-0.3, -0.25) is 19.2 Å². The van der Waals surface area contributed by atoms with Gasteiger partial charge < -0.3 is 56.8 Å². The number of carbonyl (C=O) groups excluding carboxylic acids is 8. The summed E-state index contributed by atoms with van der Waals surface area (Å²) >= 11 is 0. The molecule has 0 radical (unpaired) electrons. The molecule has 0 saturated carbocycles. The fraction of sp³-hybridized carbons (Fsp3) is 0.605. The van der Waals surface area contributed by atoms with Gasteiger partial charge in [0.05, 0.1) is 0 Å². The highest BCUT2D eigenvalue weighted by Gasteiger charge is 2.38. The van der Waals surface area contributed by atoms with Crippen molar-refractivity contribution in [1.29, 1.82) is 0 Å². The maximum Gasteiger partial charge on any atom is 0.514 e. The van der Waals surface area contributed by atoms with Crippen molar-refractivity contribution in [1.82, 2.24) is 0 Å². The van der Waals surface area contributed by atoms with Crippen LogP contribution in [0.3, 0.4) is 0 Å². The summed E-state index contributed by atoms with van der Waals surface area (Å²) in [7, 11) is 0. The molecular weight excluding hydrogens is 1290 g/mol. The van der Waals surface area contributed by atoms with Crippen LogP contribution in [0.15, 0.2) is 48.5 Å². The molecule has 0 amide bonds.